The van der Waals surface area contributed by atoms with Crippen LogP contribution in [0.3, 0.4) is 0 Å². The molecule has 10 heteroatoms. The fourth-order valence-electron chi connectivity index (χ4n) is 5.30. The Balaban J connectivity index is 1.40. The zero-order valence-electron chi connectivity index (χ0n) is 18.7. The first-order valence-corrected chi connectivity index (χ1v) is 12.5. The Hall–Kier alpha value is -3.09. The minimum absolute atomic E-state index is 0.0865. The minimum Gasteiger partial charge on any atom is -0.349 e. The average molecular weight is 514 g/mol. The van der Waals surface area contributed by atoms with Crippen LogP contribution in [0.15, 0.2) is 48.5 Å². The number of carbonyl (C=O) groups is 1. The van der Waals surface area contributed by atoms with E-state index in [9.17, 15) is 13.6 Å². The molecule has 3 atom stereocenters. The Kier molecular flexibility index (Phi) is 6.67. The monoisotopic (exact) mass is 513 g/mol. The number of benzene rings is 1. The highest BCUT2D eigenvalue weighted by Gasteiger charge is 2.46. The number of amides is 1. The van der Waals surface area contributed by atoms with Gasteiger partial charge in [-0.3, -0.25) is 4.79 Å². The molecule has 180 valence electrons. The van der Waals surface area contributed by atoms with Gasteiger partial charge in [0.15, 0.2) is 16.7 Å². The van der Waals surface area contributed by atoms with Crippen molar-refractivity contribution in [1.29, 1.82) is 0 Å². The van der Waals surface area contributed by atoms with E-state index in [0.29, 0.717) is 47.1 Å². The van der Waals surface area contributed by atoms with Crippen molar-refractivity contribution >= 4 is 40.4 Å². The summed E-state index contributed by atoms with van der Waals surface area (Å²) in [4.78, 5) is 21.0. The zero-order valence-corrected chi connectivity index (χ0v) is 20.2. The van der Waals surface area contributed by atoms with Crippen molar-refractivity contribution in [1.82, 2.24) is 15.1 Å². The number of halogens is 3. The number of hydrogen-bond acceptors (Lipinski definition) is 5. The van der Waals surface area contributed by atoms with Crippen LogP contribution in [0.1, 0.15) is 39.4 Å². The number of likely N-dealkylation sites (tertiary alicyclic amines) is 1. The van der Waals surface area contributed by atoms with Crippen LogP contribution in [0.2, 0.25) is 5.15 Å². The molecule has 1 aromatic carbocycles. The normalized spacial score (nSPS) is 21.2. The molecule has 2 aromatic heterocycles. The lowest BCUT2D eigenvalue weighted by molar-refractivity contribution is 0.0784. The number of hydrogen-bond donors (Lipinski definition) is 0. The number of nitrogens with zero attached hydrogens (tertiary/aromatic N) is 5. The fourth-order valence-corrected chi connectivity index (χ4v) is 6.23. The standard InChI is InChI=1S/C25H22ClF2N5OS/c1-29-18-5-3-2-4-16(18)13-33(23-11-10-22(26)30-31-23)19-7-6-15-12-32(14-17(15)19)25(34)21-9-8-20(35-21)24(27)28/h2-5,8-11,15,17,19,24H,6-7,12-14H2/t15-,17+,19+/m0/s1. The zero-order chi connectivity index (χ0) is 24.5. The van der Waals surface area contributed by atoms with Gasteiger partial charge in [-0.15, -0.1) is 21.5 Å². The van der Waals surface area contributed by atoms with Gasteiger partial charge in [0.25, 0.3) is 12.3 Å². The molecule has 1 aliphatic carbocycles. The van der Waals surface area contributed by atoms with E-state index in [4.69, 9.17) is 18.2 Å². The maximum atomic E-state index is 13.1. The number of aromatic nitrogens is 2. The molecule has 3 aromatic rings. The molecule has 35 heavy (non-hydrogen) atoms. The van der Waals surface area contributed by atoms with Gasteiger partial charge in [0.2, 0.25) is 0 Å². The largest absolute Gasteiger partial charge is 0.349 e. The van der Waals surface area contributed by atoms with Crippen LogP contribution in [0.5, 0.6) is 0 Å². The Labute approximate surface area is 211 Å². The van der Waals surface area contributed by atoms with Crippen molar-refractivity contribution in [2.45, 2.75) is 31.9 Å². The molecular formula is C25H22ClF2N5OS. The Morgan fingerprint density at radius 3 is 2.71 bits per heavy atom. The van der Waals surface area contributed by atoms with Crippen LogP contribution >= 0.6 is 22.9 Å². The molecule has 0 N–H and O–H groups in total. The number of rotatable bonds is 6. The van der Waals surface area contributed by atoms with Gasteiger partial charge in [0, 0.05) is 31.6 Å². The highest BCUT2D eigenvalue weighted by molar-refractivity contribution is 7.14. The molecule has 1 amide bonds. The van der Waals surface area contributed by atoms with Crippen molar-refractivity contribution in [3.63, 3.8) is 0 Å². The van der Waals surface area contributed by atoms with Crippen LogP contribution < -0.4 is 4.90 Å². The highest BCUT2D eigenvalue weighted by Crippen LogP contribution is 2.43. The summed E-state index contributed by atoms with van der Waals surface area (Å²) in [5.41, 5.74) is 1.48. The quantitative estimate of drug-likeness (QED) is 0.366. The summed E-state index contributed by atoms with van der Waals surface area (Å²) in [6, 6.07) is 14.0. The molecule has 6 nitrogen and oxygen atoms in total. The van der Waals surface area contributed by atoms with Crippen LogP contribution in [-0.4, -0.2) is 40.1 Å². The molecule has 1 aliphatic heterocycles. The number of fused-ring (bicyclic) bond motifs is 1. The third-order valence-corrected chi connectivity index (χ3v) is 8.21. The van der Waals surface area contributed by atoms with Crippen molar-refractivity contribution in [3.8, 4) is 0 Å². The maximum Gasteiger partial charge on any atom is 0.272 e. The lowest BCUT2D eigenvalue weighted by atomic mass is 9.96. The predicted octanol–water partition coefficient (Wildman–Crippen LogP) is 6.24. The number of anilines is 1. The molecule has 3 heterocycles. The summed E-state index contributed by atoms with van der Waals surface area (Å²) in [6.45, 7) is 9.19. The van der Waals surface area contributed by atoms with Crippen molar-refractivity contribution in [2.75, 3.05) is 18.0 Å². The lowest BCUT2D eigenvalue weighted by Gasteiger charge is -2.34. The Morgan fingerprint density at radius 1 is 1.17 bits per heavy atom. The van der Waals surface area contributed by atoms with Gasteiger partial charge in [0.05, 0.1) is 16.3 Å². The first kappa shape index (κ1) is 23.6. The summed E-state index contributed by atoms with van der Waals surface area (Å²) >= 11 is 6.85. The average Bonchev–Trinajstić information content (AvgIpc) is 3.59. The van der Waals surface area contributed by atoms with Crippen LogP contribution in [0, 0.1) is 18.4 Å². The van der Waals surface area contributed by atoms with Gasteiger partial charge in [-0.1, -0.05) is 35.9 Å². The van der Waals surface area contributed by atoms with Gasteiger partial charge in [-0.2, -0.15) is 0 Å². The van der Waals surface area contributed by atoms with Crippen LogP contribution in [0.25, 0.3) is 4.85 Å². The van der Waals surface area contributed by atoms with Gasteiger partial charge < -0.3 is 9.80 Å². The first-order valence-electron chi connectivity index (χ1n) is 11.3. The van der Waals surface area contributed by atoms with E-state index < -0.39 is 6.43 Å². The molecule has 0 radical (unpaired) electrons. The minimum atomic E-state index is -2.57. The van der Waals surface area contributed by atoms with Gasteiger partial charge in [-0.05, 0) is 48.6 Å². The SMILES string of the molecule is [C-]#[N+]c1ccccc1CN(c1ccc(Cl)nn1)[C@@H]1CC[C@H]2CN(C(=O)c3ccc(C(F)F)s3)C[C@H]21. The Bertz CT molecular complexity index is 1260. The predicted molar refractivity (Wildman–Crippen MR) is 131 cm³/mol. The molecule has 0 unspecified atom stereocenters. The number of alkyl halides is 2. The van der Waals surface area contributed by atoms with E-state index in [0.717, 1.165) is 29.7 Å². The van der Waals surface area contributed by atoms with Crippen molar-refractivity contribution in [2.24, 2.45) is 11.8 Å². The van der Waals surface area contributed by atoms with Crippen LogP contribution in [0.4, 0.5) is 20.3 Å². The lowest BCUT2D eigenvalue weighted by Crippen LogP contribution is -2.41. The van der Waals surface area contributed by atoms with Crippen LogP contribution in [-0.2, 0) is 6.54 Å². The third kappa shape index (κ3) is 4.73. The topological polar surface area (TPSA) is 53.7 Å². The van der Waals surface area contributed by atoms with Gasteiger partial charge >= 0.3 is 0 Å². The number of thiophene rings is 1. The van der Waals surface area contributed by atoms with E-state index >= 15 is 0 Å². The Morgan fingerprint density at radius 2 is 2.00 bits per heavy atom. The maximum absolute atomic E-state index is 13.1. The molecule has 1 saturated carbocycles. The molecule has 0 bridgehead atoms. The molecule has 0 spiro atoms. The van der Waals surface area contributed by atoms with E-state index in [1.54, 1.807) is 17.0 Å². The second kappa shape index (κ2) is 9.88. The summed E-state index contributed by atoms with van der Waals surface area (Å²) in [5.74, 6) is 0.999. The fraction of sp³-hybridized carbons (Fsp3) is 0.360. The van der Waals surface area contributed by atoms with Crippen molar-refractivity contribution in [3.05, 3.63) is 80.4 Å². The highest BCUT2D eigenvalue weighted by atomic mass is 35.5. The smallest absolute Gasteiger partial charge is 0.272 e. The molecule has 2 fully saturated rings. The van der Waals surface area contributed by atoms with E-state index in [1.165, 1.54) is 12.1 Å². The van der Waals surface area contributed by atoms with E-state index in [1.807, 2.05) is 24.3 Å². The molecule has 2 aliphatic rings. The van der Waals surface area contributed by atoms with E-state index in [-0.39, 0.29) is 22.7 Å². The van der Waals surface area contributed by atoms with Gasteiger partial charge in [-0.25, -0.2) is 13.6 Å². The summed E-state index contributed by atoms with van der Waals surface area (Å²) < 4.78 is 26.0. The number of para-hydroxylation sites is 1. The second-order valence-electron chi connectivity index (χ2n) is 8.86. The summed E-state index contributed by atoms with van der Waals surface area (Å²) in [7, 11) is 0. The number of carbonyl (C=O) groups excluding carboxylic acids is 1. The summed E-state index contributed by atoms with van der Waals surface area (Å²) in [6.07, 6.45) is -0.694. The third-order valence-electron chi connectivity index (χ3n) is 6.92. The van der Waals surface area contributed by atoms with Gasteiger partial charge in [0.1, 0.15) is 0 Å². The van der Waals surface area contributed by atoms with Crippen molar-refractivity contribution < 1.29 is 13.6 Å². The second-order valence-corrected chi connectivity index (χ2v) is 10.4. The molecular weight excluding hydrogens is 492 g/mol. The van der Waals surface area contributed by atoms with E-state index in [2.05, 4.69) is 19.9 Å². The first-order chi connectivity index (χ1) is 16.9. The summed E-state index contributed by atoms with van der Waals surface area (Å²) in [5, 5.41) is 8.66. The molecule has 5 rings (SSSR count). The molecule has 1 saturated heterocycles.